The second-order valence-corrected chi connectivity index (χ2v) is 6.88. The summed E-state index contributed by atoms with van der Waals surface area (Å²) in [4.78, 5) is 14.0. The maximum atomic E-state index is 14.0. The van der Waals surface area contributed by atoms with E-state index in [4.69, 9.17) is 0 Å². The van der Waals surface area contributed by atoms with Crippen molar-refractivity contribution < 1.29 is 9.18 Å². The van der Waals surface area contributed by atoms with Gasteiger partial charge in [0.15, 0.2) is 0 Å². The van der Waals surface area contributed by atoms with Gasteiger partial charge in [-0.3, -0.25) is 4.90 Å². The second-order valence-electron chi connectivity index (χ2n) is 6.88. The van der Waals surface area contributed by atoms with Crippen LogP contribution in [0.15, 0.2) is 12.1 Å². The lowest BCUT2D eigenvalue weighted by atomic mass is 10.0. The van der Waals surface area contributed by atoms with Gasteiger partial charge in [0.2, 0.25) is 0 Å². The molecule has 1 fully saturated rings. The van der Waals surface area contributed by atoms with Crippen LogP contribution in [0.2, 0.25) is 0 Å². The maximum Gasteiger partial charge on any atom is 0.314 e. The van der Waals surface area contributed by atoms with Crippen LogP contribution >= 0.6 is 0 Å². The largest absolute Gasteiger partial charge is 0.338 e. The third kappa shape index (κ3) is 4.93. The topological polar surface area (TPSA) is 44.4 Å². The highest BCUT2D eigenvalue weighted by Crippen LogP contribution is 2.22. The summed E-state index contributed by atoms with van der Waals surface area (Å²) in [7, 11) is 0. The molecule has 4 nitrogen and oxygen atoms in total. The Bertz CT molecular complexity index is 559. The number of carbonyl (C=O) groups is 1. The number of carbonyl (C=O) groups excluding carboxylic acids is 1. The number of rotatable bonds is 5. The van der Waals surface area contributed by atoms with Crippen molar-refractivity contribution in [1.29, 1.82) is 0 Å². The molecule has 1 atom stereocenters. The molecule has 0 radical (unpaired) electrons. The van der Waals surface area contributed by atoms with Gasteiger partial charge in [0.05, 0.1) is 0 Å². The fourth-order valence-electron chi connectivity index (χ4n) is 3.05. The van der Waals surface area contributed by atoms with Crippen molar-refractivity contribution in [3.05, 3.63) is 34.6 Å². The van der Waals surface area contributed by atoms with Crippen molar-refractivity contribution in [1.82, 2.24) is 15.5 Å². The average molecular weight is 321 g/mol. The number of halogens is 1. The molecule has 5 heteroatoms. The lowest BCUT2D eigenvalue weighted by Crippen LogP contribution is -2.41. The summed E-state index contributed by atoms with van der Waals surface area (Å²) in [5, 5.41) is 5.76. The Hall–Kier alpha value is -1.62. The number of amides is 2. The van der Waals surface area contributed by atoms with Gasteiger partial charge in [0.1, 0.15) is 5.82 Å². The Morgan fingerprint density at radius 3 is 2.83 bits per heavy atom. The predicted octanol–water partition coefficient (Wildman–Crippen LogP) is 2.97. The Morgan fingerprint density at radius 2 is 2.13 bits per heavy atom. The third-order valence-electron chi connectivity index (χ3n) is 4.43. The number of benzene rings is 1. The van der Waals surface area contributed by atoms with Crippen LogP contribution in [0.1, 0.15) is 37.0 Å². The number of hydrogen-bond donors (Lipinski definition) is 2. The van der Waals surface area contributed by atoms with Crippen LogP contribution < -0.4 is 10.6 Å². The maximum absolute atomic E-state index is 14.0. The van der Waals surface area contributed by atoms with Crippen LogP contribution in [0.5, 0.6) is 0 Å². The molecule has 128 valence electrons. The normalized spacial score (nSPS) is 18.4. The van der Waals surface area contributed by atoms with E-state index in [2.05, 4.69) is 15.5 Å². The van der Waals surface area contributed by atoms with Gasteiger partial charge in [-0.25, -0.2) is 9.18 Å². The van der Waals surface area contributed by atoms with Crippen molar-refractivity contribution in [3.8, 4) is 0 Å². The molecular weight excluding hydrogens is 293 g/mol. The highest BCUT2D eigenvalue weighted by molar-refractivity contribution is 5.74. The van der Waals surface area contributed by atoms with Gasteiger partial charge in [0.25, 0.3) is 0 Å². The number of urea groups is 1. The quantitative estimate of drug-likeness (QED) is 0.876. The summed E-state index contributed by atoms with van der Waals surface area (Å²) >= 11 is 0. The SMILES string of the molecule is Cc1ccc(CN2CCC(CNC(=O)NC(C)C)C2)c(C)c1F. The molecule has 1 saturated heterocycles. The molecule has 23 heavy (non-hydrogen) atoms. The number of hydrogen-bond acceptors (Lipinski definition) is 2. The smallest absolute Gasteiger partial charge is 0.314 e. The van der Waals surface area contributed by atoms with E-state index in [1.54, 1.807) is 6.92 Å². The van der Waals surface area contributed by atoms with Gasteiger partial charge in [-0.05, 0) is 63.3 Å². The van der Waals surface area contributed by atoms with Crippen LogP contribution in [0.3, 0.4) is 0 Å². The summed E-state index contributed by atoms with van der Waals surface area (Å²) in [5.74, 6) is 0.369. The molecule has 1 aromatic carbocycles. The molecule has 0 aliphatic carbocycles. The molecule has 0 saturated carbocycles. The molecule has 1 unspecified atom stereocenters. The van der Waals surface area contributed by atoms with Crippen molar-refractivity contribution in [3.63, 3.8) is 0 Å². The van der Waals surface area contributed by atoms with E-state index in [-0.39, 0.29) is 17.9 Å². The number of aryl methyl sites for hydroxylation is 1. The van der Waals surface area contributed by atoms with Crippen LogP contribution in [-0.2, 0) is 6.54 Å². The molecule has 2 N–H and O–H groups in total. The highest BCUT2D eigenvalue weighted by atomic mass is 19.1. The molecular formula is C18H28FN3O. The van der Waals surface area contributed by atoms with Gasteiger partial charge < -0.3 is 10.6 Å². The Morgan fingerprint density at radius 1 is 1.39 bits per heavy atom. The Labute approximate surface area is 138 Å². The monoisotopic (exact) mass is 321 g/mol. The molecule has 2 amide bonds. The van der Waals surface area contributed by atoms with Gasteiger partial charge in [-0.15, -0.1) is 0 Å². The Balaban J connectivity index is 1.82. The fraction of sp³-hybridized carbons (Fsp3) is 0.611. The van der Waals surface area contributed by atoms with Crippen molar-refractivity contribution in [2.75, 3.05) is 19.6 Å². The molecule has 0 aromatic heterocycles. The molecule has 1 heterocycles. The van der Waals surface area contributed by atoms with Gasteiger partial charge in [0, 0.05) is 25.7 Å². The highest BCUT2D eigenvalue weighted by Gasteiger charge is 2.23. The summed E-state index contributed by atoms with van der Waals surface area (Å²) in [6.45, 7) is 10.9. The zero-order valence-corrected chi connectivity index (χ0v) is 14.6. The van der Waals surface area contributed by atoms with Gasteiger partial charge in [-0.1, -0.05) is 12.1 Å². The first-order valence-corrected chi connectivity index (χ1v) is 8.38. The molecule has 1 aromatic rings. The van der Waals surface area contributed by atoms with E-state index >= 15 is 0 Å². The minimum Gasteiger partial charge on any atom is -0.338 e. The predicted molar refractivity (Wildman–Crippen MR) is 90.9 cm³/mol. The van der Waals surface area contributed by atoms with Crippen molar-refractivity contribution in [2.45, 2.75) is 46.7 Å². The van der Waals surface area contributed by atoms with Crippen molar-refractivity contribution >= 4 is 6.03 Å². The van der Waals surface area contributed by atoms with Crippen LogP contribution in [0.4, 0.5) is 9.18 Å². The lowest BCUT2D eigenvalue weighted by Gasteiger charge is -2.18. The van der Waals surface area contributed by atoms with Crippen LogP contribution in [-0.4, -0.2) is 36.6 Å². The molecule has 2 rings (SSSR count). The number of nitrogens with one attached hydrogen (secondary N) is 2. The van der Waals surface area contributed by atoms with E-state index in [9.17, 15) is 9.18 Å². The zero-order chi connectivity index (χ0) is 17.0. The number of likely N-dealkylation sites (tertiary alicyclic amines) is 1. The first kappa shape index (κ1) is 17.7. The first-order valence-electron chi connectivity index (χ1n) is 8.38. The summed E-state index contributed by atoms with van der Waals surface area (Å²) in [6.07, 6.45) is 1.06. The summed E-state index contributed by atoms with van der Waals surface area (Å²) in [6, 6.07) is 3.92. The molecule has 0 spiro atoms. The van der Waals surface area contributed by atoms with E-state index < -0.39 is 0 Å². The minimum absolute atomic E-state index is 0.0923. The molecule has 1 aliphatic heterocycles. The standard InChI is InChI=1S/C18H28FN3O/c1-12(2)21-18(23)20-9-15-7-8-22(10-15)11-16-6-5-13(3)17(19)14(16)4/h5-6,12,15H,7-11H2,1-4H3,(H2,20,21,23). The van der Waals surface area contributed by atoms with E-state index in [1.807, 2.05) is 32.9 Å². The third-order valence-corrected chi connectivity index (χ3v) is 4.43. The minimum atomic E-state index is -0.102. The van der Waals surface area contributed by atoms with Gasteiger partial charge >= 0.3 is 6.03 Å². The van der Waals surface area contributed by atoms with Crippen LogP contribution in [0, 0.1) is 25.6 Å². The Kier molecular flexibility index (Phi) is 5.99. The first-order chi connectivity index (χ1) is 10.9. The summed E-state index contributed by atoms with van der Waals surface area (Å²) in [5.41, 5.74) is 2.51. The second kappa shape index (κ2) is 7.77. The van der Waals surface area contributed by atoms with E-state index in [0.717, 1.165) is 37.2 Å². The fourth-order valence-corrected chi connectivity index (χ4v) is 3.05. The zero-order valence-electron chi connectivity index (χ0n) is 14.6. The lowest BCUT2D eigenvalue weighted by molar-refractivity contribution is 0.236. The summed E-state index contributed by atoms with van der Waals surface area (Å²) < 4.78 is 14.0. The van der Waals surface area contributed by atoms with E-state index in [1.165, 1.54) is 0 Å². The molecule has 0 bridgehead atoms. The van der Waals surface area contributed by atoms with Crippen LogP contribution in [0.25, 0.3) is 0 Å². The average Bonchev–Trinajstić information content (AvgIpc) is 2.93. The van der Waals surface area contributed by atoms with E-state index in [0.29, 0.717) is 18.0 Å². The van der Waals surface area contributed by atoms with Crippen molar-refractivity contribution in [2.24, 2.45) is 5.92 Å². The molecule has 1 aliphatic rings. The van der Waals surface area contributed by atoms with Gasteiger partial charge in [-0.2, -0.15) is 0 Å². The number of nitrogens with zero attached hydrogens (tertiary/aromatic N) is 1.